The third-order valence-electron chi connectivity index (χ3n) is 3.98. The lowest BCUT2D eigenvalue weighted by atomic mass is 9.94. The smallest absolute Gasteiger partial charge is 0.229 e. The molecule has 0 unspecified atom stereocenters. The lowest BCUT2D eigenvalue weighted by molar-refractivity contribution is -0.117. The second-order valence-electron chi connectivity index (χ2n) is 5.20. The van der Waals surface area contributed by atoms with E-state index in [1.165, 1.54) is 6.33 Å². The zero-order valence-electron chi connectivity index (χ0n) is 12.0. The van der Waals surface area contributed by atoms with Gasteiger partial charge in [0.15, 0.2) is 0 Å². The van der Waals surface area contributed by atoms with E-state index in [0.29, 0.717) is 12.4 Å². The molecular formula is C16H14N4O2. The number of rotatable bonds is 2. The highest BCUT2D eigenvalue weighted by Gasteiger charge is 2.30. The lowest BCUT2D eigenvalue weighted by Crippen LogP contribution is -2.29. The fourth-order valence-electron chi connectivity index (χ4n) is 3.03. The summed E-state index contributed by atoms with van der Waals surface area (Å²) in [7, 11) is 1.64. The molecule has 0 fully saturated rings. The average molecular weight is 294 g/mol. The summed E-state index contributed by atoms with van der Waals surface area (Å²) in [6.45, 7) is 0. The molecule has 2 heterocycles. The zero-order chi connectivity index (χ0) is 15.1. The van der Waals surface area contributed by atoms with Crippen molar-refractivity contribution < 1.29 is 9.53 Å². The van der Waals surface area contributed by atoms with E-state index < -0.39 is 0 Å². The molecule has 0 spiro atoms. The van der Waals surface area contributed by atoms with E-state index in [1.807, 2.05) is 36.4 Å². The summed E-state index contributed by atoms with van der Waals surface area (Å²) in [6, 6.07) is 11.8. The zero-order valence-corrected chi connectivity index (χ0v) is 12.0. The SMILES string of the molecule is COc1ccc2ccccc2c1[C@H]1CC(=O)Nc2ncnn21. The molecule has 0 saturated carbocycles. The van der Waals surface area contributed by atoms with Crippen molar-refractivity contribution in [1.29, 1.82) is 0 Å². The molecule has 1 amide bonds. The molecule has 6 heteroatoms. The molecule has 110 valence electrons. The summed E-state index contributed by atoms with van der Waals surface area (Å²) in [5.41, 5.74) is 0.960. The molecule has 0 saturated heterocycles. The van der Waals surface area contributed by atoms with E-state index in [4.69, 9.17) is 4.74 Å². The molecule has 2 aromatic carbocycles. The molecule has 1 aliphatic heterocycles. The van der Waals surface area contributed by atoms with Crippen LogP contribution in [0.5, 0.6) is 5.75 Å². The fraction of sp³-hybridized carbons (Fsp3) is 0.188. The van der Waals surface area contributed by atoms with Crippen molar-refractivity contribution >= 4 is 22.6 Å². The van der Waals surface area contributed by atoms with Crippen LogP contribution >= 0.6 is 0 Å². The first-order valence-corrected chi connectivity index (χ1v) is 7.03. The second-order valence-corrected chi connectivity index (χ2v) is 5.20. The number of fused-ring (bicyclic) bond motifs is 2. The summed E-state index contributed by atoms with van der Waals surface area (Å²) >= 11 is 0. The van der Waals surface area contributed by atoms with Crippen LogP contribution in [0.1, 0.15) is 18.0 Å². The van der Waals surface area contributed by atoms with E-state index in [9.17, 15) is 4.79 Å². The largest absolute Gasteiger partial charge is 0.496 e. The number of carbonyl (C=O) groups excluding carboxylic acids is 1. The van der Waals surface area contributed by atoms with Gasteiger partial charge < -0.3 is 4.74 Å². The molecule has 4 rings (SSSR count). The number of aromatic nitrogens is 3. The Morgan fingerprint density at radius 2 is 2.14 bits per heavy atom. The first kappa shape index (κ1) is 12.8. The number of ether oxygens (including phenoxy) is 1. The fourth-order valence-corrected chi connectivity index (χ4v) is 3.03. The average Bonchev–Trinajstić information content (AvgIpc) is 3.01. The van der Waals surface area contributed by atoms with Crippen molar-refractivity contribution in [3.63, 3.8) is 0 Å². The Morgan fingerprint density at radius 1 is 1.27 bits per heavy atom. The number of methoxy groups -OCH3 is 1. The van der Waals surface area contributed by atoms with Gasteiger partial charge in [0.2, 0.25) is 11.9 Å². The maximum Gasteiger partial charge on any atom is 0.229 e. The van der Waals surface area contributed by atoms with Crippen LogP contribution in [-0.2, 0) is 4.79 Å². The highest BCUT2D eigenvalue weighted by atomic mass is 16.5. The van der Waals surface area contributed by atoms with Crippen molar-refractivity contribution in [2.75, 3.05) is 12.4 Å². The van der Waals surface area contributed by atoms with Crippen LogP contribution in [-0.4, -0.2) is 27.8 Å². The maximum absolute atomic E-state index is 12.0. The van der Waals surface area contributed by atoms with Gasteiger partial charge in [-0.1, -0.05) is 30.3 Å². The quantitative estimate of drug-likeness (QED) is 0.788. The van der Waals surface area contributed by atoms with Gasteiger partial charge in [0.25, 0.3) is 0 Å². The van der Waals surface area contributed by atoms with Gasteiger partial charge in [0, 0.05) is 5.56 Å². The van der Waals surface area contributed by atoms with Crippen LogP contribution in [0.3, 0.4) is 0 Å². The third kappa shape index (κ3) is 1.84. The number of benzene rings is 2. The van der Waals surface area contributed by atoms with Gasteiger partial charge in [-0.05, 0) is 16.8 Å². The first-order valence-electron chi connectivity index (χ1n) is 7.03. The summed E-state index contributed by atoms with van der Waals surface area (Å²) in [5.74, 6) is 1.15. The molecule has 0 bridgehead atoms. The molecular weight excluding hydrogens is 280 g/mol. The summed E-state index contributed by atoms with van der Waals surface area (Å²) in [6.07, 6.45) is 1.76. The summed E-state index contributed by atoms with van der Waals surface area (Å²) < 4.78 is 7.28. The second kappa shape index (κ2) is 4.84. The van der Waals surface area contributed by atoms with Crippen LogP contribution in [0.15, 0.2) is 42.7 Å². The van der Waals surface area contributed by atoms with Crippen molar-refractivity contribution in [2.24, 2.45) is 0 Å². The van der Waals surface area contributed by atoms with Gasteiger partial charge in [-0.3, -0.25) is 10.1 Å². The van der Waals surface area contributed by atoms with E-state index in [2.05, 4.69) is 15.4 Å². The minimum atomic E-state index is -0.229. The predicted molar refractivity (Wildman–Crippen MR) is 81.9 cm³/mol. The topological polar surface area (TPSA) is 69.0 Å². The highest BCUT2D eigenvalue weighted by molar-refractivity contribution is 5.93. The maximum atomic E-state index is 12.0. The van der Waals surface area contributed by atoms with Gasteiger partial charge in [0.1, 0.15) is 12.1 Å². The number of carbonyl (C=O) groups is 1. The molecule has 1 aliphatic rings. The predicted octanol–water partition coefficient (Wildman–Crippen LogP) is 2.37. The molecule has 1 aromatic heterocycles. The van der Waals surface area contributed by atoms with Crippen molar-refractivity contribution in [3.8, 4) is 5.75 Å². The van der Waals surface area contributed by atoms with E-state index >= 15 is 0 Å². The van der Waals surface area contributed by atoms with Crippen molar-refractivity contribution in [1.82, 2.24) is 14.8 Å². The molecule has 1 N–H and O–H groups in total. The number of nitrogens with zero attached hydrogens (tertiary/aromatic N) is 3. The molecule has 6 nitrogen and oxygen atoms in total. The molecule has 0 aliphatic carbocycles. The molecule has 0 radical (unpaired) electrons. The minimum Gasteiger partial charge on any atom is -0.496 e. The Bertz CT molecular complexity index is 871. The number of nitrogens with one attached hydrogen (secondary N) is 1. The highest BCUT2D eigenvalue weighted by Crippen LogP contribution is 2.38. The molecule has 22 heavy (non-hydrogen) atoms. The standard InChI is InChI=1S/C16H14N4O2/c1-22-13-7-6-10-4-2-3-5-11(10)15(13)12-8-14(21)19-16-17-9-18-20(12)16/h2-7,9,12H,8H2,1H3,(H,17,18,19,21)/t12-/m1/s1. The third-order valence-corrected chi connectivity index (χ3v) is 3.98. The van der Waals surface area contributed by atoms with Crippen LogP contribution < -0.4 is 10.1 Å². The Balaban J connectivity index is 2.00. The van der Waals surface area contributed by atoms with Crippen LogP contribution in [0.25, 0.3) is 10.8 Å². The van der Waals surface area contributed by atoms with Gasteiger partial charge in [0.05, 0.1) is 19.6 Å². The number of hydrogen-bond acceptors (Lipinski definition) is 4. The number of amides is 1. The Kier molecular flexibility index (Phi) is 2.82. The Hall–Kier alpha value is -2.89. The van der Waals surface area contributed by atoms with E-state index in [0.717, 1.165) is 22.1 Å². The van der Waals surface area contributed by atoms with Crippen molar-refractivity contribution in [3.05, 3.63) is 48.3 Å². The first-order chi connectivity index (χ1) is 10.8. The van der Waals surface area contributed by atoms with Crippen molar-refractivity contribution in [2.45, 2.75) is 12.5 Å². The van der Waals surface area contributed by atoms with Crippen LogP contribution in [0, 0.1) is 0 Å². The summed E-state index contributed by atoms with van der Waals surface area (Å²) in [5, 5.41) is 9.16. The number of anilines is 1. The normalized spacial score (nSPS) is 17.1. The van der Waals surface area contributed by atoms with Crippen LogP contribution in [0.2, 0.25) is 0 Å². The Morgan fingerprint density at radius 3 is 3.00 bits per heavy atom. The van der Waals surface area contributed by atoms with E-state index in [1.54, 1.807) is 11.8 Å². The number of hydrogen-bond donors (Lipinski definition) is 1. The lowest BCUT2D eigenvalue weighted by Gasteiger charge is -2.26. The molecule has 3 aromatic rings. The van der Waals surface area contributed by atoms with Gasteiger partial charge in [-0.25, -0.2) is 4.68 Å². The van der Waals surface area contributed by atoms with Gasteiger partial charge in [-0.15, -0.1) is 0 Å². The molecule has 1 atom stereocenters. The van der Waals surface area contributed by atoms with Gasteiger partial charge >= 0.3 is 0 Å². The van der Waals surface area contributed by atoms with Crippen LogP contribution in [0.4, 0.5) is 5.95 Å². The minimum absolute atomic E-state index is 0.0690. The Labute approximate surface area is 126 Å². The summed E-state index contributed by atoms with van der Waals surface area (Å²) in [4.78, 5) is 16.1. The van der Waals surface area contributed by atoms with E-state index in [-0.39, 0.29) is 11.9 Å². The van der Waals surface area contributed by atoms with Gasteiger partial charge in [-0.2, -0.15) is 10.1 Å². The monoisotopic (exact) mass is 294 g/mol.